The Bertz CT molecular complexity index is 1880. The predicted octanol–water partition coefficient (Wildman–Crippen LogP) is 8.44. The van der Waals surface area contributed by atoms with Crippen molar-refractivity contribution in [1.29, 1.82) is 0 Å². The van der Waals surface area contributed by atoms with Crippen LogP contribution in [0.3, 0.4) is 0 Å². The van der Waals surface area contributed by atoms with Crippen molar-refractivity contribution < 1.29 is 32.8 Å². The lowest BCUT2D eigenvalue weighted by Crippen LogP contribution is -2.11. The van der Waals surface area contributed by atoms with Gasteiger partial charge in [-0.15, -0.1) is 0 Å². The predicted molar refractivity (Wildman–Crippen MR) is 197 cm³/mol. The maximum absolute atomic E-state index is 11.9. The van der Waals surface area contributed by atoms with E-state index in [1.54, 1.807) is 109 Å². The highest BCUT2D eigenvalue weighted by Crippen LogP contribution is 2.19. The Labute approximate surface area is 293 Å². The zero-order valence-electron chi connectivity index (χ0n) is 27.8. The third-order valence-electron chi connectivity index (χ3n) is 7.10. The summed E-state index contributed by atoms with van der Waals surface area (Å²) in [6, 6.07) is 51.7. The van der Waals surface area contributed by atoms with Crippen molar-refractivity contribution in [3.05, 3.63) is 209 Å². The number of carbonyl (C=O) groups excluding carboxylic acids is 2. The van der Waals surface area contributed by atoms with E-state index in [4.69, 9.17) is 4.55 Å². The Morgan fingerprint density at radius 3 is 1.00 bits per heavy atom. The van der Waals surface area contributed by atoms with Crippen LogP contribution >= 0.6 is 0 Å². The molecule has 0 saturated heterocycles. The molecule has 0 aliphatic carbocycles. The molecule has 0 aromatic heterocycles. The molecule has 8 heteroatoms. The molecule has 0 bridgehead atoms. The van der Waals surface area contributed by atoms with Gasteiger partial charge in [0.1, 0.15) is 12.2 Å². The first-order valence-electron chi connectivity index (χ1n) is 15.7. The molecule has 0 amide bonds. The number of aryl methyl sites for hydroxylation is 2. The smallest absolute Gasteiger partial charge is 0.294 e. The molecule has 7 nitrogen and oxygen atoms in total. The first-order chi connectivity index (χ1) is 24.0. The lowest BCUT2D eigenvalue weighted by Gasteiger charge is -2.09. The van der Waals surface area contributed by atoms with Gasteiger partial charge in [0.25, 0.3) is 10.1 Å². The summed E-state index contributed by atoms with van der Waals surface area (Å²) in [4.78, 5) is 23.7. The summed E-state index contributed by atoms with van der Waals surface area (Å²) in [5.41, 5.74) is 4.57. The van der Waals surface area contributed by atoms with Gasteiger partial charge in [-0.1, -0.05) is 175 Å². The van der Waals surface area contributed by atoms with Crippen molar-refractivity contribution in [3.63, 3.8) is 0 Å². The minimum absolute atomic E-state index is 0.0666. The van der Waals surface area contributed by atoms with E-state index in [0.717, 1.165) is 5.56 Å². The van der Waals surface area contributed by atoms with Crippen LogP contribution in [0.2, 0.25) is 0 Å². The molecule has 2 unspecified atom stereocenters. The topological polar surface area (TPSA) is 129 Å². The van der Waals surface area contributed by atoms with Crippen molar-refractivity contribution in [2.24, 2.45) is 0 Å². The van der Waals surface area contributed by atoms with Crippen molar-refractivity contribution in [2.45, 2.75) is 31.0 Å². The first kappa shape index (κ1) is 38.9. The van der Waals surface area contributed by atoms with Crippen LogP contribution in [0.25, 0.3) is 0 Å². The Balaban J connectivity index is 0.000000188. The Hall–Kier alpha value is -5.51. The minimum Gasteiger partial charge on any atom is -0.380 e. The quantitative estimate of drug-likeness (QED) is 0.113. The molecule has 2 atom stereocenters. The molecule has 0 saturated carbocycles. The number of carbonyl (C=O) groups is 2. The van der Waals surface area contributed by atoms with Crippen molar-refractivity contribution >= 4 is 21.7 Å². The number of ketones is 2. The van der Waals surface area contributed by atoms with Gasteiger partial charge in [0.05, 0.1) is 4.90 Å². The van der Waals surface area contributed by atoms with Crippen LogP contribution in [-0.2, 0) is 10.1 Å². The van der Waals surface area contributed by atoms with Gasteiger partial charge in [-0.2, -0.15) is 8.42 Å². The SMILES string of the molecule is Cc1ccc(S(=O)(=O)O)cc1.Cc1ccccc1.O=C(c1ccccc1)C(O)c1ccccc1.O=C(c1ccccc1)C(O)c1ccccc1. The summed E-state index contributed by atoms with van der Waals surface area (Å²) in [5, 5.41) is 19.8. The summed E-state index contributed by atoms with van der Waals surface area (Å²) in [5.74, 6) is -0.543. The summed E-state index contributed by atoms with van der Waals surface area (Å²) in [6.07, 6.45) is -2.16. The Morgan fingerprint density at radius 1 is 0.440 bits per heavy atom. The number of hydrogen-bond donors (Lipinski definition) is 3. The van der Waals surface area contributed by atoms with Crippen LogP contribution in [0.5, 0.6) is 0 Å². The van der Waals surface area contributed by atoms with E-state index < -0.39 is 22.3 Å². The van der Waals surface area contributed by atoms with Crippen LogP contribution in [0.1, 0.15) is 55.2 Å². The van der Waals surface area contributed by atoms with Crippen LogP contribution in [0.15, 0.2) is 181 Å². The fraction of sp³-hybridized carbons (Fsp3) is 0.0952. The second kappa shape index (κ2) is 20.1. The molecule has 6 rings (SSSR count). The fourth-order valence-corrected chi connectivity index (χ4v) is 4.82. The highest BCUT2D eigenvalue weighted by Gasteiger charge is 2.19. The van der Waals surface area contributed by atoms with Gasteiger partial charge in [-0.25, -0.2) is 0 Å². The van der Waals surface area contributed by atoms with Gasteiger partial charge < -0.3 is 10.2 Å². The highest BCUT2D eigenvalue weighted by atomic mass is 32.2. The number of Topliss-reactive ketones (excluding diaryl/α,β-unsaturated/α-hetero) is 2. The molecule has 0 aliphatic heterocycles. The molecule has 0 spiro atoms. The lowest BCUT2D eigenvalue weighted by atomic mass is 10.0. The summed E-state index contributed by atoms with van der Waals surface area (Å²) >= 11 is 0. The van der Waals surface area contributed by atoms with Crippen LogP contribution in [-0.4, -0.2) is 34.8 Å². The average molecular weight is 689 g/mol. The van der Waals surface area contributed by atoms with Gasteiger partial charge in [-0.3, -0.25) is 14.1 Å². The van der Waals surface area contributed by atoms with E-state index >= 15 is 0 Å². The molecule has 3 N–H and O–H groups in total. The molecule has 0 heterocycles. The molecule has 0 aliphatic rings. The largest absolute Gasteiger partial charge is 0.380 e. The number of benzene rings is 6. The average Bonchev–Trinajstić information content (AvgIpc) is 3.16. The molecule has 256 valence electrons. The van der Waals surface area contributed by atoms with Gasteiger partial charge in [-0.05, 0) is 37.1 Å². The fourth-order valence-electron chi connectivity index (χ4n) is 4.34. The van der Waals surface area contributed by atoms with Crippen LogP contribution in [0, 0.1) is 13.8 Å². The summed E-state index contributed by atoms with van der Waals surface area (Å²) < 4.78 is 29.6. The van der Waals surface area contributed by atoms with E-state index in [1.807, 2.05) is 49.4 Å². The first-order valence-corrected chi connectivity index (χ1v) is 17.1. The second-order valence-corrected chi connectivity index (χ2v) is 12.5. The van der Waals surface area contributed by atoms with Gasteiger partial charge in [0.15, 0.2) is 11.6 Å². The molecule has 0 fully saturated rings. The molecule has 6 aromatic carbocycles. The Kier molecular flexibility index (Phi) is 15.7. The van der Waals surface area contributed by atoms with E-state index in [1.165, 1.54) is 17.7 Å². The van der Waals surface area contributed by atoms with Crippen LogP contribution < -0.4 is 0 Å². The molecular weight excluding hydrogens is 649 g/mol. The molecule has 0 radical (unpaired) electrons. The van der Waals surface area contributed by atoms with E-state index in [2.05, 4.69) is 19.1 Å². The number of rotatable bonds is 7. The van der Waals surface area contributed by atoms with Gasteiger partial charge in [0.2, 0.25) is 0 Å². The van der Waals surface area contributed by atoms with E-state index in [0.29, 0.717) is 22.3 Å². The number of aliphatic hydroxyl groups is 2. The Morgan fingerprint density at radius 2 is 0.720 bits per heavy atom. The maximum atomic E-state index is 11.9. The highest BCUT2D eigenvalue weighted by molar-refractivity contribution is 7.85. The minimum atomic E-state index is -4.02. The van der Waals surface area contributed by atoms with Crippen molar-refractivity contribution in [1.82, 2.24) is 0 Å². The standard InChI is InChI=1S/2C14H12O2.C7H8O3S.C7H8/c2*15-13(11-7-3-1-4-8-11)14(16)12-9-5-2-6-10-12;1-6-2-4-7(5-3-6)11(8,9)10;1-7-5-3-2-4-6-7/h2*1-10,13,15H;2-5H,1H3,(H,8,9,10);2-6H,1H3. The van der Waals surface area contributed by atoms with Crippen LogP contribution in [0.4, 0.5) is 0 Å². The van der Waals surface area contributed by atoms with Gasteiger partial charge >= 0.3 is 0 Å². The third kappa shape index (κ3) is 13.2. The lowest BCUT2D eigenvalue weighted by molar-refractivity contribution is 0.0743. The van der Waals surface area contributed by atoms with Crippen molar-refractivity contribution in [3.8, 4) is 0 Å². The molecule has 6 aromatic rings. The molecule has 50 heavy (non-hydrogen) atoms. The molecular formula is C42H40O7S. The summed E-state index contributed by atoms with van der Waals surface area (Å²) in [7, 11) is -4.02. The summed E-state index contributed by atoms with van der Waals surface area (Å²) in [6.45, 7) is 3.92. The van der Waals surface area contributed by atoms with Gasteiger partial charge in [0, 0.05) is 11.1 Å². The van der Waals surface area contributed by atoms with E-state index in [-0.39, 0.29) is 16.5 Å². The second-order valence-electron chi connectivity index (χ2n) is 11.0. The zero-order valence-corrected chi connectivity index (χ0v) is 28.6. The zero-order chi connectivity index (χ0) is 36.4. The van der Waals surface area contributed by atoms with Crippen molar-refractivity contribution in [2.75, 3.05) is 0 Å². The third-order valence-corrected chi connectivity index (χ3v) is 7.97. The monoisotopic (exact) mass is 688 g/mol. The normalized spacial score (nSPS) is 11.5. The number of hydrogen-bond acceptors (Lipinski definition) is 6. The number of aliphatic hydroxyl groups excluding tert-OH is 2. The van der Waals surface area contributed by atoms with E-state index in [9.17, 15) is 28.2 Å². The maximum Gasteiger partial charge on any atom is 0.294 e.